The molecule has 5 heteroatoms. The van der Waals surface area contributed by atoms with Gasteiger partial charge in [-0.2, -0.15) is 5.10 Å². The minimum absolute atomic E-state index is 0.226. The van der Waals surface area contributed by atoms with E-state index in [0.717, 1.165) is 0 Å². The first-order valence-corrected chi connectivity index (χ1v) is 4.69. The second-order valence-electron chi connectivity index (χ2n) is 3.18. The average molecular weight is 224 g/mol. The van der Waals surface area contributed by atoms with Gasteiger partial charge in [0.2, 0.25) is 0 Å². The second-order valence-corrected chi connectivity index (χ2v) is 3.18. The lowest BCUT2D eigenvalue weighted by molar-refractivity contribution is 0.145. The Balaban J connectivity index is 2.28. The minimum atomic E-state index is -2.54. The van der Waals surface area contributed by atoms with Crippen LogP contribution in [-0.2, 0) is 0 Å². The number of benzene rings is 1. The topological polar surface area (TPSA) is 27.1 Å². The number of hydrogen-bond acceptors (Lipinski definition) is 2. The smallest absolute Gasteiger partial charge is 0.282 e. The zero-order valence-electron chi connectivity index (χ0n) is 8.60. The molecule has 1 heterocycles. The number of hydrogen-bond donors (Lipinski definition) is 0. The lowest BCUT2D eigenvalue weighted by Gasteiger charge is -2.03. The van der Waals surface area contributed by atoms with Crippen LogP contribution in [0.5, 0.6) is 5.75 Å². The Hall–Kier alpha value is -1.91. The molecule has 2 rings (SSSR count). The van der Waals surface area contributed by atoms with Gasteiger partial charge in [-0.25, -0.2) is 13.5 Å². The van der Waals surface area contributed by atoms with Crippen LogP contribution in [-0.4, -0.2) is 16.9 Å². The van der Waals surface area contributed by atoms with Crippen molar-refractivity contribution in [3.8, 4) is 11.4 Å². The molecule has 1 aromatic carbocycles. The molecule has 0 bridgehead atoms. The Kier molecular flexibility index (Phi) is 2.85. The second kappa shape index (κ2) is 4.30. The van der Waals surface area contributed by atoms with Gasteiger partial charge in [0.05, 0.1) is 12.8 Å². The third-order valence-corrected chi connectivity index (χ3v) is 2.17. The maximum atomic E-state index is 12.3. The van der Waals surface area contributed by atoms with Crippen LogP contribution in [0.3, 0.4) is 0 Å². The molecule has 16 heavy (non-hydrogen) atoms. The third kappa shape index (κ3) is 2.03. The molecule has 0 atom stereocenters. The zero-order chi connectivity index (χ0) is 11.5. The molecule has 1 aromatic heterocycles. The van der Waals surface area contributed by atoms with Gasteiger partial charge in [0.25, 0.3) is 6.43 Å². The van der Waals surface area contributed by atoms with E-state index in [1.54, 1.807) is 31.4 Å². The molecule has 0 fully saturated rings. The van der Waals surface area contributed by atoms with Gasteiger partial charge in [-0.05, 0) is 30.3 Å². The van der Waals surface area contributed by atoms with Crippen LogP contribution in [0.4, 0.5) is 8.78 Å². The van der Waals surface area contributed by atoms with Crippen LogP contribution in [0.2, 0.25) is 0 Å². The third-order valence-electron chi connectivity index (χ3n) is 2.17. The van der Waals surface area contributed by atoms with Crippen molar-refractivity contribution in [1.82, 2.24) is 9.78 Å². The van der Waals surface area contributed by atoms with Crippen molar-refractivity contribution in [2.45, 2.75) is 6.43 Å². The molecule has 2 aromatic rings. The highest BCUT2D eigenvalue weighted by Crippen LogP contribution is 2.18. The fourth-order valence-corrected chi connectivity index (χ4v) is 1.33. The van der Waals surface area contributed by atoms with Crippen LogP contribution >= 0.6 is 0 Å². The van der Waals surface area contributed by atoms with Crippen LogP contribution < -0.4 is 4.74 Å². The summed E-state index contributed by atoms with van der Waals surface area (Å²) in [7, 11) is 1.57. The molecule has 84 valence electrons. The van der Waals surface area contributed by atoms with Crippen LogP contribution in [0.15, 0.2) is 36.5 Å². The highest BCUT2D eigenvalue weighted by molar-refractivity contribution is 5.36. The molecule has 0 unspecified atom stereocenters. The highest BCUT2D eigenvalue weighted by Gasteiger charge is 2.10. The first-order chi connectivity index (χ1) is 7.70. The monoisotopic (exact) mass is 224 g/mol. The van der Waals surface area contributed by atoms with E-state index in [4.69, 9.17) is 4.74 Å². The molecule has 0 amide bonds. The summed E-state index contributed by atoms with van der Waals surface area (Å²) in [4.78, 5) is 0. The first kappa shape index (κ1) is 10.6. The van der Waals surface area contributed by atoms with Gasteiger partial charge in [0.1, 0.15) is 11.4 Å². The number of rotatable bonds is 3. The molecular formula is C11H10F2N2O. The van der Waals surface area contributed by atoms with E-state index in [0.29, 0.717) is 11.4 Å². The summed E-state index contributed by atoms with van der Waals surface area (Å²) < 4.78 is 31.0. The molecule has 0 aliphatic rings. The Morgan fingerprint density at radius 3 is 2.38 bits per heavy atom. The molecule has 0 aliphatic carbocycles. The summed E-state index contributed by atoms with van der Waals surface area (Å²) in [5.41, 5.74) is 0.489. The maximum Gasteiger partial charge on any atom is 0.282 e. The van der Waals surface area contributed by atoms with Gasteiger partial charge in [-0.1, -0.05) is 0 Å². The lowest BCUT2D eigenvalue weighted by atomic mass is 10.3. The van der Waals surface area contributed by atoms with E-state index in [9.17, 15) is 8.78 Å². The van der Waals surface area contributed by atoms with Crippen molar-refractivity contribution in [3.05, 3.63) is 42.2 Å². The summed E-state index contributed by atoms with van der Waals surface area (Å²) in [6.45, 7) is 0. The Labute approximate surface area is 91.3 Å². The normalized spacial score (nSPS) is 10.8. The van der Waals surface area contributed by atoms with Gasteiger partial charge in [-0.3, -0.25) is 0 Å². The Bertz CT molecular complexity index is 465. The predicted octanol–water partition coefficient (Wildman–Crippen LogP) is 2.82. The highest BCUT2D eigenvalue weighted by atomic mass is 19.3. The molecule has 0 saturated carbocycles. The van der Waals surface area contributed by atoms with Crippen LogP contribution in [0.25, 0.3) is 5.69 Å². The lowest BCUT2D eigenvalue weighted by Crippen LogP contribution is -1.96. The largest absolute Gasteiger partial charge is 0.497 e. The van der Waals surface area contributed by atoms with E-state index in [-0.39, 0.29) is 5.69 Å². The van der Waals surface area contributed by atoms with Gasteiger partial charge in [-0.15, -0.1) is 0 Å². The van der Waals surface area contributed by atoms with E-state index < -0.39 is 6.43 Å². The minimum Gasteiger partial charge on any atom is -0.497 e. The molecular weight excluding hydrogens is 214 g/mol. The summed E-state index contributed by atoms with van der Waals surface area (Å²) in [5.74, 6) is 0.713. The van der Waals surface area contributed by atoms with Gasteiger partial charge < -0.3 is 4.74 Å². The molecule has 0 radical (unpaired) electrons. The number of aromatic nitrogens is 2. The van der Waals surface area contributed by atoms with Crippen molar-refractivity contribution in [1.29, 1.82) is 0 Å². The number of ether oxygens (including phenoxy) is 1. The standard InChI is InChI=1S/C11H10F2N2O/c1-16-9-4-2-8(3-5-9)15-7-6-10(14-15)11(12)13/h2-7,11H,1H3. The zero-order valence-corrected chi connectivity index (χ0v) is 8.60. The van der Waals surface area contributed by atoms with E-state index in [2.05, 4.69) is 5.10 Å². The number of alkyl halides is 2. The fourth-order valence-electron chi connectivity index (χ4n) is 1.33. The summed E-state index contributed by atoms with van der Waals surface area (Å²) in [5, 5.41) is 3.76. The summed E-state index contributed by atoms with van der Waals surface area (Å²) in [6, 6.07) is 8.30. The van der Waals surface area contributed by atoms with Crippen molar-refractivity contribution in [2.75, 3.05) is 7.11 Å². The van der Waals surface area contributed by atoms with Gasteiger partial charge in [0, 0.05) is 6.20 Å². The Morgan fingerprint density at radius 1 is 1.19 bits per heavy atom. The maximum absolute atomic E-state index is 12.3. The van der Waals surface area contributed by atoms with Crippen molar-refractivity contribution < 1.29 is 13.5 Å². The quantitative estimate of drug-likeness (QED) is 0.801. The van der Waals surface area contributed by atoms with Crippen LogP contribution in [0, 0.1) is 0 Å². The van der Waals surface area contributed by atoms with E-state index >= 15 is 0 Å². The number of nitrogens with zero attached hydrogens (tertiary/aromatic N) is 2. The van der Waals surface area contributed by atoms with Crippen LogP contribution in [0.1, 0.15) is 12.1 Å². The SMILES string of the molecule is COc1ccc(-n2ccc(C(F)F)n2)cc1. The average Bonchev–Trinajstić information content (AvgIpc) is 2.78. The first-order valence-electron chi connectivity index (χ1n) is 4.69. The van der Waals surface area contributed by atoms with Crippen molar-refractivity contribution in [2.24, 2.45) is 0 Å². The predicted molar refractivity (Wildman–Crippen MR) is 55.1 cm³/mol. The fraction of sp³-hybridized carbons (Fsp3) is 0.182. The number of halogens is 2. The summed E-state index contributed by atoms with van der Waals surface area (Å²) in [6.07, 6.45) is -1.04. The summed E-state index contributed by atoms with van der Waals surface area (Å²) >= 11 is 0. The Morgan fingerprint density at radius 2 is 1.88 bits per heavy atom. The van der Waals surface area contributed by atoms with Crippen molar-refractivity contribution >= 4 is 0 Å². The molecule has 0 spiro atoms. The van der Waals surface area contributed by atoms with Crippen molar-refractivity contribution in [3.63, 3.8) is 0 Å². The van der Waals surface area contributed by atoms with E-state index in [1.165, 1.54) is 16.9 Å². The molecule has 0 N–H and O–H groups in total. The molecule has 0 saturated heterocycles. The van der Waals surface area contributed by atoms with E-state index in [1.807, 2.05) is 0 Å². The van der Waals surface area contributed by atoms with Gasteiger partial charge >= 0.3 is 0 Å². The molecule has 3 nitrogen and oxygen atoms in total. The van der Waals surface area contributed by atoms with Gasteiger partial charge in [0.15, 0.2) is 0 Å². The number of methoxy groups -OCH3 is 1. The molecule has 0 aliphatic heterocycles.